The molecule has 1 aliphatic carbocycles. The smallest absolute Gasteiger partial charge is 0.144 e. The fraction of sp³-hybridized carbons (Fsp3) is 0.667. The number of hydrogen-bond acceptors (Lipinski definition) is 3. The molecule has 0 saturated heterocycles. The highest BCUT2D eigenvalue weighted by atomic mass is 16.5. The molecule has 0 radical (unpaired) electrons. The minimum absolute atomic E-state index is 0.630. The molecule has 1 saturated carbocycles. The van der Waals surface area contributed by atoms with Gasteiger partial charge in [-0.2, -0.15) is 0 Å². The van der Waals surface area contributed by atoms with Crippen molar-refractivity contribution in [3.05, 3.63) is 18.2 Å². The summed E-state index contributed by atoms with van der Waals surface area (Å²) in [7, 11) is 0. The molecular weight excluding hydrogens is 260 g/mol. The number of nitrogens with zero attached hydrogens (tertiary/aromatic N) is 1. The van der Waals surface area contributed by atoms with Gasteiger partial charge in [0.1, 0.15) is 5.75 Å². The second-order valence-electron chi connectivity index (χ2n) is 6.52. The van der Waals surface area contributed by atoms with Crippen LogP contribution in [0.25, 0.3) is 0 Å². The first-order valence-corrected chi connectivity index (χ1v) is 8.41. The van der Waals surface area contributed by atoms with Gasteiger partial charge in [0.2, 0.25) is 0 Å². The van der Waals surface area contributed by atoms with Gasteiger partial charge in [0, 0.05) is 12.6 Å². The van der Waals surface area contributed by atoms with Crippen molar-refractivity contribution in [1.29, 1.82) is 0 Å². The Bertz CT molecular complexity index is 439. The molecule has 2 N–H and O–H groups in total. The first-order valence-electron chi connectivity index (χ1n) is 8.41. The van der Waals surface area contributed by atoms with E-state index in [1.807, 2.05) is 6.07 Å². The van der Waals surface area contributed by atoms with Crippen molar-refractivity contribution in [2.75, 3.05) is 23.8 Å². The van der Waals surface area contributed by atoms with Crippen molar-refractivity contribution in [3.63, 3.8) is 0 Å². The first-order chi connectivity index (χ1) is 10.1. The highest BCUT2D eigenvalue weighted by molar-refractivity contribution is 5.74. The van der Waals surface area contributed by atoms with Crippen LogP contribution in [0.5, 0.6) is 5.75 Å². The van der Waals surface area contributed by atoms with Crippen LogP contribution in [0.3, 0.4) is 0 Å². The van der Waals surface area contributed by atoms with Gasteiger partial charge in [-0.3, -0.25) is 0 Å². The Hall–Kier alpha value is -1.38. The van der Waals surface area contributed by atoms with Gasteiger partial charge in [-0.15, -0.1) is 0 Å². The molecule has 118 valence electrons. The molecule has 1 fully saturated rings. The molecule has 3 heteroatoms. The molecule has 0 amide bonds. The lowest BCUT2D eigenvalue weighted by molar-refractivity contribution is 0.319. The molecule has 1 aromatic carbocycles. The van der Waals surface area contributed by atoms with E-state index in [2.05, 4.69) is 37.8 Å². The highest BCUT2D eigenvalue weighted by Crippen LogP contribution is 2.37. The van der Waals surface area contributed by atoms with Crippen LogP contribution in [-0.2, 0) is 0 Å². The lowest BCUT2D eigenvalue weighted by atomic mass is 10.1. The van der Waals surface area contributed by atoms with Gasteiger partial charge in [-0.1, -0.05) is 39.7 Å². The Labute approximate surface area is 129 Å². The molecule has 0 aliphatic heterocycles. The van der Waals surface area contributed by atoms with Gasteiger partial charge in [-0.05, 0) is 37.3 Å². The van der Waals surface area contributed by atoms with Gasteiger partial charge in [0.05, 0.1) is 18.0 Å². The fourth-order valence-electron chi connectivity index (χ4n) is 3.17. The van der Waals surface area contributed by atoms with Gasteiger partial charge in [0.25, 0.3) is 0 Å². The maximum Gasteiger partial charge on any atom is 0.144 e. The number of ether oxygens (including phenoxy) is 1. The number of hydrogen-bond donors (Lipinski definition) is 1. The van der Waals surface area contributed by atoms with Gasteiger partial charge in [0.15, 0.2) is 0 Å². The molecule has 3 nitrogen and oxygen atoms in total. The summed E-state index contributed by atoms with van der Waals surface area (Å²) in [5.41, 5.74) is 8.36. The van der Waals surface area contributed by atoms with Gasteiger partial charge < -0.3 is 15.4 Å². The predicted molar refractivity (Wildman–Crippen MR) is 91.1 cm³/mol. The zero-order chi connectivity index (χ0) is 15.2. The highest BCUT2D eigenvalue weighted by Gasteiger charge is 2.25. The second kappa shape index (κ2) is 7.58. The number of anilines is 2. The Morgan fingerprint density at radius 2 is 2.00 bits per heavy atom. The quantitative estimate of drug-likeness (QED) is 0.753. The molecule has 0 bridgehead atoms. The molecule has 0 heterocycles. The summed E-state index contributed by atoms with van der Waals surface area (Å²) in [6.45, 7) is 8.45. The topological polar surface area (TPSA) is 38.5 Å². The molecule has 0 aromatic heterocycles. The van der Waals surface area contributed by atoms with E-state index in [-0.39, 0.29) is 0 Å². The predicted octanol–water partition coefficient (Wildman–Crippen LogP) is 4.46. The van der Waals surface area contributed by atoms with E-state index in [4.69, 9.17) is 10.5 Å². The lowest BCUT2D eigenvalue weighted by Gasteiger charge is -2.34. The summed E-state index contributed by atoms with van der Waals surface area (Å²) >= 11 is 0. The number of rotatable bonds is 7. The van der Waals surface area contributed by atoms with Crippen LogP contribution < -0.4 is 15.4 Å². The largest absolute Gasteiger partial charge is 0.491 e. The third kappa shape index (κ3) is 4.05. The van der Waals surface area contributed by atoms with E-state index in [0.29, 0.717) is 12.0 Å². The monoisotopic (exact) mass is 290 g/mol. The SMILES string of the molecule is CCCOc1cccc(N(CC(C)C)C2CCCC2)c1N. The molecular formula is C18H30N2O. The molecule has 0 spiro atoms. The average molecular weight is 290 g/mol. The van der Waals surface area contributed by atoms with Crippen molar-refractivity contribution in [2.45, 2.75) is 58.9 Å². The van der Waals surface area contributed by atoms with Crippen LogP contribution in [0.15, 0.2) is 18.2 Å². The zero-order valence-electron chi connectivity index (χ0n) is 13.8. The Balaban J connectivity index is 2.25. The van der Waals surface area contributed by atoms with Gasteiger partial charge in [-0.25, -0.2) is 0 Å². The van der Waals surface area contributed by atoms with Crippen molar-refractivity contribution in [2.24, 2.45) is 5.92 Å². The Morgan fingerprint density at radius 1 is 1.29 bits per heavy atom. The minimum atomic E-state index is 0.630. The minimum Gasteiger partial charge on any atom is -0.491 e. The van der Waals surface area contributed by atoms with Crippen LogP contribution >= 0.6 is 0 Å². The van der Waals surface area contributed by atoms with Crippen LogP contribution in [0.2, 0.25) is 0 Å². The van der Waals surface area contributed by atoms with Crippen molar-refractivity contribution >= 4 is 11.4 Å². The molecule has 1 aromatic rings. The molecule has 21 heavy (non-hydrogen) atoms. The summed E-state index contributed by atoms with van der Waals surface area (Å²) in [6.07, 6.45) is 6.25. The summed E-state index contributed by atoms with van der Waals surface area (Å²) in [4.78, 5) is 2.52. The van der Waals surface area contributed by atoms with E-state index in [1.165, 1.54) is 25.7 Å². The number of nitrogens with two attached hydrogens (primary N) is 1. The maximum atomic E-state index is 6.40. The first kappa shape index (κ1) is 16.0. The number of nitrogen functional groups attached to an aromatic ring is 1. The fourth-order valence-corrected chi connectivity index (χ4v) is 3.17. The van der Waals surface area contributed by atoms with Crippen LogP contribution in [0.1, 0.15) is 52.9 Å². The van der Waals surface area contributed by atoms with Crippen LogP contribution in [-0.4, -0.2) is 19.2 Å². The molecule has 0 unspecified atom stereocenters. The maximum absolute atomic E-state index is 6.40. The standard InChI is InChI=1S/C18H30N2O/c1-4-12-21-17-11-7-10-16(18(17)19)20(13-14(2)3)15-8-5-6-9-15/h7,10-11,14-15H,4-6,8-9,12-13,19H2,1-3H3. The number of benzene rings is 1. The molecule has 2 rings (SSSR count). The lowest BCUT2D eigenvalue weighted by Crippen LogP contribution is -2.36. The van der Waals surface area contributed by atoms with Crippen molar-refractivity contribution < 1.29 is 4.74 Å². The van der Waals surface area contributed by atoms with Crippen molar-refractivity contribution in [1.82, 2.24) is 0 Å². The molecule has 1 aliphatic rings. The van der Waals surface area contributed by atoms with E-state index >= 15 is 0 Å². The van der Waals surface area contributed by atoms with Crippen LogP contribution in [0, 0.1) is 5.92 Å². The Morgan fingerprint density at radius 3 is 2.62 bits per heavy atom. The van der Waals surface area contributed by atoms with E-state index in [0.717, 1.165) is 36.7 Å². The normalized spacial score (nSPS) is 15.6. The van der Waals surface area contributed by atoms with Crippen molar-refractivity contribution in [3.8, 4) is 5.75 Å². The second-order valence-corrected chi connectivity index (χ2v) is 6.52. The summed E-state index contributed by atoms with van der Waals surface area (Å²) in [6, 6.07) is 6.83. The third-order valence-corrected chi connectivity index (χ3v) is 4.14. The summed E-state index contributed by atoms with van der Waals surface area (Å²) in [5.74, 6) is 1.46. The number of para-hydroxylation sites is 1. The summed E-state index contributed by atoms with van der Waals surface area (Å²) in [5, 5.41) is 0. The van der Waals surface area contributed by atoms with Crippen LogP contribution in [0.4, 0.5) is 11.4 Å². The zero-order valence-corrected chi connectivity index (χ0v) is 13.8. The van der Waals surface area contributed by atoms with E-state index in [1.54, 1.807) is 0 Å². The Kier molecular flexibility index (Phi) is 5.77. The third-order valence-electron chi connectivity index (χ3n) is 4.14. The average Bonchev–Trinajstić information content (AvgIpc) is 2.98. The molecule has 0 atom stereocenters. The van der Waals surface area contributed by atoms with E-state index in [9.17, 15) is 0 Å². The van der Waals surface area contributed by atoms with Gasteiger partial charge >= 0.3 is 0 Å². The van der Waals surface area contributed by atoms with E-state index < -0.39 is 0 Å². The summed E-state index contributed by atoms with van der Waals surface area (Å²) < 4.78 is 5.79.